The van der Waals surface area contributed by atoms with Crippen LogP contribution in [0.25, 0.3) is 0 Å². The van der Waals surface area contributed by atoms with Gasteiger partial charge in [-0.25, -0.2) is 0 Å². The van der Waals surface area contributed by atoms with E-state index in [1.54, 1.807) is 0 Å². The van der Waals surface area contributed by atoms with Gasteiger partial charge in [0.25, 0.3) is 0 Å². The first-order chi connectivity index (χ1) is 2.27. The van der Waals surface area contributed by atoms with Crippen molar-refractivity contribution in [1.29, 1.82) is 0 Å². The number of hydrogen-bond acceptors (Lipinski definition) is 1. The van der Waals surface area contributed by atoms with Crippen molar-refractivity contribution in [2.45, 2.75) is 19.0 Å². The Kier molecular flexibility index (Phi) is 9.82. The topological polar surface area (TPSA) is 26.0 Å². The molecule has 0 heterocycles. The summed E-state index contributed by atoms with van der Waals surface area (Å²) in [6.45, 7) is 2.08. The van der Waals surface area contributed by atoms with Crippen LogP contribution >= 0.6 is 0 Å². The maximum Gasteiger partial charge on any atom is 0.0303 e. The fourth-order valence-electron chi connectivity index (χ4n) is 0. The van der Waals surface area contributed by atoms with Gasteiger partial charge in [-0.1, -0.05) is 6.92 Å². The second-order valence-electron chi connectivity index (χ2n) is 1.17. The summed E-state index contributed by atoms with van der Waals surface area (Å²) >= 11 is 0. The number of rotatable bonds is 1. The Hall–Kier alpha value is 0.891. The molecule has 0 aliphatic carbocycles. The van der Waals surface area contributed by atoms with Crippen LogP contribution in [0.4, 0.5) is 0 Å². The first kappa shape index (κ1) is 10.00. The van der Waals surface area contributed by atoms with Crippen LogP contribution in [0.15, 0.2) is 0 Å². The SMILES string of the molecule is CCC(N)[SiH2].[Ti]. The van der Waals surface area contributed by atoms with Crippen molar-refractivity contribution in [3.05, 3.63) is 0 Å². The van der Waals surface area contributed by atoms with Gasteiger partial charge >= 0.3 is 0 Å². The normalized spacial score (nSPS) is 12.5. The third-order valence-corrected chi connectivity index (χ3v) is 1.10. The minimum absolute atomic E-state index is 0. The Morgan fingerprint density at radius 1 is 1.83 bits per heavy atom. The molecule has 0 amide bonds. The molecule has 0 spiro atoms. The summed E-state index contributed by atoms with van der Waals surface area (Å²) in [4.78, 5) is 0. The van der Waals surface area contributed by atoms with Gasteiger partial charge in [0.2, 0.25) is 0 Å². The zero-order valence-corrected chi connectivity index (χ0v) is 7.04. The largest absolute Gasteiger partial charge is 0.331 e. The van der Waals surface area contributed by atoms with E-state index in [2.05, 4.69) is 6.92 Å². The van der Waals surface area contributed by atoms with E-state index in [0.29, 0.717) is 5.67 Å². The van der Waals surface area contributed by atoms with Gasteiger partial charge in [0, 0.05) is 32.0 Å². The summed E-state index contributed by atoms with van der Waals surface area (Å²) < 4.78 is 0. The maximum atomic E-state index is 5.30. The molecule has 0 aromatic carbocycles. The quantitative estimate of drug-likeness (QED) is 0.474. The average Bonchev–Trinajstić information content (AvgIpc) is 1.38. The molecular formula is C3H10NSiTi. The van der Waals surface area contributed by atoms with Crippen molar-refractivity contribution in [1.82, 2.24) is 0 Å². The van der Waals surface area contributed by atoms with Gasteiger partial charge in [-0.3, -0.25) is 0 Å². The van der Waals surface area contributed by atoms with Crippen LogP contribution in [-0.4, -0.2) is 15.9 Å². The van der Waals surface area contributed by atoms with Crippen LogP contribution in [0.3, 0.4) is 0 Å². The second-order valence-corrected chi connectivity index (χ2v) is 2.22. The van der Waals surface area contributed by atoms with Crippen LogP contribution in [0.2, 0.25) is 0 Å². The van der Waals surface area contributed by atoms with Crippen LogP contribution < -0.4 is 5.73 Å². The Labute approximate surface area is 57.0 Å². The molecule has 0 aliphatic heterocycles. The fraction of sp³-hybridized carbons (Fsp3) is 1.00. The molecule has 1 nitrogen and oxygen atoms in total. The van der Waals surface area contributed by atoms with E-state index in [-0.39, 0.29) is 21.7 Å². The first-order valence-electron chi connectivity index (χ1n) is 1.86. The third kappa shape index (κ3) is 8.86. The summed E-state index contributed by atoms with van der Waals surface area (Å²) in [5.41, 5.74) is 5.72. The van der Waals surface area contributed by atoms with Gasteiger partial charge in [-0.15, -0.1) is 0 Å². The molecule has 1 unspecified atom stereocenters. The summed E-state index contributed by atoms with van der Waals surface area (Å²) in [6.07, 6.45) is 1.10. The Balaban J connectivity index is 0. The average molecular weight is 136 g/mol. The predicted octanol–water partition coefficient (Wildman–Crippen LogP) is -0.688. The van der Waals surface area contributed by atoms with Crippen molar-refractivity contribution in [2.24, 2.45) is 5.73 Å². The summed E-state index contributed by atoms with van der Waals surface area (Å²) in [7, 11) is 1.83. The van der Waals surface area contributed by atoms with E-state index >= 15 is 0 Å². The molecule has 0 bridgehead atoms. The van der Waals surface area contributed by atoms with Crippen molar-refractivity contribution in [2.75, 3.05) is 0 Å². The smallest absolute Gasteiger partial charge is 0.0303 e. The number of hydrogen-bond donors (Lipinski definition) is 1. The van der Waals surface area contributed by atoms with Gasteiger partial charge in [0.05, 0.1) is 0 Å². The monoisotopic (exact) mass is 136 g/mol. The third-order valence-electron chi connectivity index (χ3n) is 0.524. The van der Waals surface area contributed by atoms with Crippen molar-refractivity contribution in [3.8, 4) is 0 Å². The minimum atomic E-state index is 0. The summed E-state index contributed by atoms with van der Waals surface area (Å²) in [5, 5.41) is 0. The fourth-order valence-corrected chi connectivity index (χ4v) is 0. The molecule has 0 fully saturated rings. The van der Waals surface area contributed by atoms with E-state index in [1.807, 2.05) is 10.2 Å². The van der Waals surface area contributed by atoms with Gasteiger partial charge < -0.3 is 5.73 Å². The van der Waals surface area contributed by atoms with E-state index in [1.165, 1.54) is 0 Å². The Morgan fingerprint density at radius 2 is 2.00 bits per heavy atom. The van der Waals surface area contributed by atoms with Crippen molar-refractivity contribution >= 4 is 10.2 Å². The van der Waals surface area contributed by atoms with Gasteiger partial charge in [0.1, 0.15) is 0 Å². The van der Waals surface area contributed by atoms with Crippen LogP contribution in [0, 0.1) is 0 Å². The number of nitrogens with two attached hydrogens (primary N) is 1. The molecule has 0 saturated carbocycles. The van der Waals surface area contributed by atoms with Crippen molar-refractivity contribution in [3.63, 3.8) is 0 Å². The molecule has 0 aromatic rings. The van der Waals surface area contributed by atoms with Crippen molar-refractivity contribution < 1.29 is 21.7 Å². The molecule has 1 radical (unpaired) electrons. The maximum absolute atomic E-state index is 5.30. The molecule has 1 atom stereocenters. The van der Waals surface area contributed by atoms with Gasteiger partial charge in [0.15, 0.2) is 0 Å². The Bertz CT molecular complexity index is 24.8. The molecule has 6 heavy (non-hydrogen) atoms. The minimum Gasteiger partial charge on any atom is -0.331 e. The molecule has 0 aliphatic rings. The Morgan fingerprint density at radius 3 is 2.00 bits per heavy atom. The second kappa shape index (κ2) is 5.89. The van der Waals surface area contributed by atoms with Crippen LogP contribution in [0.5, 0.6) is 0 Å². The zero-order chi connectivity index (χ0) is 4.28. The summed E-state index contributed by atoms with van der Waals surface area (Å²) in [6, 6.07) is 0. The molecule has 3 heteroatoms. The van der Waals surface area contributed by atoms with Crippen LogP contribution in [-0.2, 0) is 21.7 Å². The standard InChI is InChI=1S/C3H10NSi.Ti/c1-2-3(4)5;/h3H,2,4-5H2,1H3;. The summed E-state index contributed by atoms with van der Waals surface area (Å²) in [5.74, 6) is 0. The first-order valence-corrected chi connectivity index (χ1v) is 2.67. The molecule has 0 aromatic heterocycles. The predicted molar refractivity (Wildman–Crippen MR) is 26.8 cm³/mol. The molecule has 35 valence electrons. The van der Waals surface area contributed by atoms with E-state index in [0.717, 1.165) is 6.42 Å². The van der Waals surface area contributed by atoms with Gasteiger partial charge in [-0.05, 0) is 12.1 Å². The van der Waals surface area contributed by atoms with Gasteiger partial charge in [-0.2, -0.15) is 0 Å². The molecular weight excluding hydrogens is 126 g/mol. The zero-order valence-electron chi connectivity index (χ0n) is 4.07. The molecule has 0 saturated heterocycles. The molecule has 0 rings (SSSR count). The van der Waals surface area contributed by atoms with E-state index in [4.69, 9.17) is 5.73 Å². The van der Waals surface area contributed by atoms with Crippen LogP contribution in [0.1, 0.15) is 13.3 Å². The molecule has 2 N–H and O–H groups in total. The van der Waals surface area contributed by atoms with E-state index in [9.17, 15) is 0 Å². The van der Waals surface area contributed by atoms with E-state index < -0.39 is 0 Å².